The highest BCUT2D eigenvalue weighted by atomic mass is 19.1. The van der Waals surface area contributed by atoms with E-state index in [4.69, 9.17) is 9.47 Å². The van der Waals surface area contributed by atoms with Crippen molar-refractivity contribution < 1.29 is 13.9 Å². The van der Waals surface area contributed by atoms with Crippen molar-refractivity contribution in [1.29, 1.82) is 0 Å². The predicted octanol–water partition coefficient (Wildman–Crippen LogP) is 2.46. The highest BCUT2D eigenvalue weighted by Gasteiger charge is 2.05. The molecule has 2 aromatic rings. The number of methoxy groups -OCH3 is 1. The molecule has 0 bridgehead atoms. The summed E-state index contributed by atoms with van der Waals surface area (Å²) in [5.74, 6) is 0.564. The number of guanidine groups is 1. The fraction of sp³-hybridized carbons (Fsp3) is 0.526. The van der Waals surface area contributed by atoms with Crippen molar-refractivity contribution in [1.82, 2.24) is 15.6 Å². The van der Waals surface area contributed by atoms with E-state index in [0.29, 0.717) is 13.2 Å². The summed E-state index contributed by atoms with van der Waals surface area (Å²) in [5.41, 5.74) is 1.99. The number of hydrogen-bond acceptors (Lipinski definition) is 3. The molecule has 2 rings (SSSR count). The molecule has 3 N–H and O–H groups in total. The molecule has 0 fully saturated rings. The number of nitrogens with one attached hydrogen (secondary N) is 3. The van der Waals surface area contributed by atoms with Crippen LogP contribution in [0.3, 0.4) is 0 Å². The Kier molecular flexibility index (Phi) is 8.92. The van der Waals surface area contributed by atoms with Crippen LogP contribution < -0.4 is 10.6 Å². The SMILES string of the molecule is CN=C(NCCCCOCCOC)NCCc1c[nH]c2cc(F)ccc12. The second-order valence-electron chi connectivity index (χ2n) is 5.99. The van der Waals surface area contributed by atoms with Gasteiger partial charge in [0.1, 0.15) is 5.82 Å². The molecule has 0 aliphatic rings. The lowest BCUT2D eigenvalue weighted by Gasteiger charge is -2.11. The third kappa shape index (κ3) is 6.65. The number of aliphatic imine (C=N–C) groups is 1. The molecule has 0 unspecified atom stereocenters. The van der Waals surface area contributed by atoms with Crippen LogP contribution in [-0.2, 0) is 15.9 Å². The molecule has 0 aliphatic heterocycles. The summed E-state index contributed by atoms with van der Waals surface area (Å²) in [4.78, 5) is 7.34. The van der Waals surface area contributed by atoms with Crippen LogP contribution in [0, 0.1) is 5.82 Å². The molecule has 1 heterocycles. The van der Waals surface area contributed by atoms with E-state index in [1.54, 1.807) is 14.2 Å². The molecular weight excluding hydrogens is 335 g/mol. The van der Waals surface area contributed by atoms with Gasteiger partial charge >= 0.3 is 0 Å². The summed E-state index contributed by atoms with van der Waals surface area (Å²) in [5, 5.41) is 7.66. The Bertz CT molecular complexity index is 687. The first-order chi connectivity index (χ1) is 12.7. The third-order valence-electron chi connectivity index (χ3n) is 4.08. The van der Waals surface area contributed by atoms with Gasteiger partial charge in [0.2, 0.25) is 0 Å². The van der Waals surface area contributed by atoms with E-state index in [9.17, 15) is 4.39 Å². The molecule has 26 heavy (non-hydrogen) atoms. The number of H-pyrrole nitrogens is 1. The van der Waals surface area contributed by atoms with Crippen molar-refractivity contribution in [3.8, 4) is 0 Å². The Morgan fingerprint density at radius 1 is 1.15 bits per heavy atom. The first kappa shape index (κ1) is 20.2. The van der Waals surface area contributed by atoms with Gasteiger partial charge in [0.05, 0.1) is 13.2 Å². The fourth-order valence-electron chi connectivity index (χ4n) is 2.68. The topological polar surface area (TPSA) is 70.7 Å². The molecule has 0 amide bonds. The van der Waals surface area contributed by atoms with Gasteiger partial charge in [0, 0.05) is 51.0 Å². The second-order valence-corrected chi connectivity index (χ2v) is 5.99. The standard InChI is InChI=1S/C19H29FN4O2/c1-21-19(22-8-3-4-10-26-12-11-25-2)23-9-7-15-14-24-18-13-16(20)5-6-17(15)18/h5-6,13-14,24H,3-4,7-12H2,1-2H3,(H2,21,22,23). The molecule has 0 aliphatic carbocycles. The van der Waals surface area contributed by atoms with Gasteiger partial charge in [-0.3, -0.25) is 4.99 Å². The minimum atomic E-state index is -0.224. The molecule has 0 atom stereocenters. The quantitative estimate of drug-likeness (QED) is 0.325. The van der Waals surface area contributed by atoms with Crippen LogP contribution in [0.2, 0.25) is 0 Å². The lowest BCUT2D eigenvalue weighted by atomic mass is 10.1. The van der Waals surface area contributed by atoms with Crippen LogP contribution in [0.4, 0.5) is 4.39 Å². The minimum Gasteiger partial charge on any atom is -0.382 e. The van der Waals surface area contributed by atoms with E-state index in [-0.39, 0.29) is 5.82 Å². The van der Waals surface area contributed by atoms with Gasteiger partial charge in [-0.05, 0) is 43.0 Å². The summed E-state index contributed by atoms with van der Waals surface area (Å²) < 4.78 is 23.6. The van der Waals surface area contributed by atoms with Crippen molar-refractivity contribution in [2.24, 2.45) is 4.99 Å². The van der Waals surface area contributed by atoms with Gasteiger partial charge in [-0.2, -0.15) is 0 Å². The Balaban J connectivity index is 1.62. The Hall–Kier alpha value is -2.12. The maximum absolute atomic E-state index is 13.2. The third-order valence-corrected chi connectivity index (χ3v) is 4.08. The molecule has 144 valence electrons. The normalized spacial score (nSPS) is 11.9. The monoisotopic (exact) mass is 364 g/mol. The average molecular weight is 364 g/mol. The number of fused-ring (bicyclic) bond motifs is 1. The zero-order valence-electron chi connectivity index (χ0n) is 15.6. The number of ether oxygens (including phenoxy) is 2. The van der Waals surface area contributed by atoms with Crippen LogP contribution in [0.1, 0.15) is 18.4 Å². The maximum Gasteiger partial charge on any atom is 0.190 e. The molecule has 1 aromatic carbocycles. The predicted molar refractivity (Wildman–Crippen MR) is 103 cm³/mol. The van der Waals surface area contributed by atoms with Crippen molar-refractivity contribution in [2.45, 2.75) is 19.3 Å². The van der Waals surface area contributed by atoms with E-state index in [1.165, 1.54) is 12.1 Å². The fourth-order valence-corrected chi connectivity index (χ4v) is 2.68. The van der Waals surface area contributed by atoms with Crippen LogP contribution >= 0.6 is 0 Å². The number of aromatic amines is 1. The highest BCUT2D eigenvalue weighted by Crippen LogP contribution is 2.19. The van der Waals surface area contributed by atoms with Gasteiger partial charge in [0.25, 0.3) is 0 Å². The van der Waals surface area contributed by atoms with Crippen molar-refractivity contribution >= 4 is 16.9 Å². The van der Waals surface area contributed by atoms with Gasteiger partial charge in [0.15, 0.2) is 5.96 Å². The number of hydrogen-bond donors (Lipinski definition) is 3. The molecule has 6 nitrogen and oxygen atoms in total. The van der Waals surface area contributed by atoms with E-state index >= 15 is 0 Å². The zero-order chi connectivity index (χ0) is 18.6. The summed E-state index contributed by atoms with van der Waals surface area (Å²) in [6.07, 6.45) is 4.78. The van der Waals surface area contributed by atoms with E-state index in [0.717, 1.165) is 61.4 Å². The van der Waals surface area contributed by atoms with Crippen molar-refractivity contribution in [3.63, 3.8) is 0 Å². The summed E-state index contributed by atoms with van der Waals surface area (Å²) in [7, 11) is 3.43. The maximum atomic E-state index is 13.2. The Morgan fingerprint density at radius 2 is 2.00 bits per heavy atom. The summed E-state index contributed by atoms with van der Waals surface area (Å²) in [6, 6.07) is 4.83. The second kappa shape index (κ2) is 11.5. The number of halogens is 1. The molecule has 7 heteroatoms. The molecule has 0 radical (unpaired) electrons. The lowest BCUT2D eigenvalue weighted by Crippen LogP contribution is -2.38. The molecular formula is C19H29FN4O2. The summed E-state index contributed by atoms with van der Waals surface area (Å²) in [6.45, 7) is 3.63. The minimum absolute atomic E-state index is 0.224. The number of benzene rings is 1. The van der Waals surface area contributed by atoms with Crippen molar-refractivity contribution in [2.75, 3.05) is 47.1 Å². The smallest absolute Gasteiger partial charge is 0.190 e. The van der Waals surface area contributed by atoms with E-state index in [2.05, 4.69) is 20.6 Å². The van der Waals surface area contributed by atoms with Gasteiger partial charge < -0.3 is 25.1 Å². The van der Waals surface area contributed by atoms with Crippen LogP contribution in [-0.4, -0.2) is 58.0 Å². The number of nitrogens with zero attached hydrogens (tertiary/aromatic N) is 1. The number of unbranched alkanes of at least 4 members (excludes halogenated alkanes) is 1. The Labute approximate surface area is 154 Å². The van der Waals surface area contributed by atoms with Crippen LogP contribution in [0.25, 0.3) is 10.9 Å². The van der Waals surface area contributed by atoms with Gasteiger partial charge in [-0.1, -0.05) is 0 Å². The molecule has 0 saturated heterocycles. The van der Waals surface area contributed by atoms with Gasteiger partial charge in [-0.15, -0.1) is 0 Å². The Morgan fingerprint density at radius 3 is 2.81 bits per heavy atom. The highest BCUT2D eigenvalue weighted by molar-refractivity contribution is 5.83. The molecule has 0 saturated carbocycles. The largest absolute Gasteiger partial charge is 0.382 e. The summed E-state index contributed by atoms with van der Waals surface area (Å²) >= 11 is 0. The van der Waals surface area contributed by atoms with Crippen molar-refractivity contribution in [3.05, 3.63) is 35.8 Å². The van der Waals surface area contributed by atoms with Crippen LogP contribution in [0.5, 0.6) is 0 Å². The average Bonchev–Trinajstić information content (AvgIpc) is 3.04. The van der Waals surface area contributed by atoms with Gasteiger partial charge in [-0.25, -0.2) is 4.39 Å². The number of aromatic nitrogens is 1. The van der Waals surface area contributed by atoms with E-state index < -0.39 is 0 Å². The van der Waals surface area contributed by atoms with Crippen LogP contribution in [0.15, 0.2) is 29.4 Å². The first-order valence-corrected chi connectivity index (χ1v) is 9.01. The molecule has 1 aromatic heterocycles. The first-order valence-electron chi connectivity index (χ1n) is 9.01. The molecule has 0 spiro atoms. The van der Waals surface area contributed by atoms with E-state index in [1.807, 2.05) is 12.3 Å². The number of rotatable bonds is 11. The lowest BCUT2D eigenvalue weighted by molar-refractivity contribution is 0.0689. The zero-order valence-corrected chi connectivity index (χ0v) is 15.6.